The standard InChI is InChI=1S/C11H4N3O2/c12-6-8-3-9(7-13)5-10(4-8)16-11-14-1-2-15-11/h2-5H. The van der Waals surface area contributed by atoms with Gasteiger partial charge in [0.05, 0.1) is 23.3 Å². The van der Waals surface area contributed by atoms with E-state index in [4.69, 9.17) is 19.7 Å². The maximum absolute atomic E-state index is 8.75. The van der Waals surface area contributed by atoms with Crippen molar-refractivity contribution < 1.29 is 9.15 Å². The quantitative estimate of drug-likeness (QED) is 0.756. The van der Waals surface area contributed by atoms with Crippen molar-refractivity contribution in [1.29, 1.82) is 10.5 Å². The van der Waals surface area contributed by atoms with Crippen LogP contribution in [0, 0.1) is 28.9 Å². The topological polar surface area (TPSA) is 82.8 Å². The number of nitriles is 2. The summed E-state index contributed by atoms with van der Waals surface area (Å²) in [6.07, 6.45) is 3.69. The number of rotatable bonds is 2. The number of hydrogen-bond donors (Lipinski definition) is 0. The molecule has 2 aromatic rings. The molecule has 0 spiro atoms. The molecule has 0 unspecified atom stereocenters. The van der Waals surface area contributed by atoms with E-state index >= 15 is 0 Å². The van der Waals surface area contributed by atoms with E-state index in [1.165, 1.54) is 24.5 Å². The molecule has 1 heterocycles. The molecule has 0 aliphatic heterocycles. The minimum absolute atomic E-state index is 0.0129. The minimum atomic E-state index is 0.0129. The molecule has 0 bridgehead atoms. The molecule has 0 amide bonds. The molecule has 0 aliphatic rings. The second-order valence-corrected chi connectivity index (χ2v) is 2.81. The van der Waals surface area contributed by atoms with Crippen molar-refractivity contribution in [2.75, 3.05) is 0 Å². The smallest absolute Gasteiger partial charge is 0.399 e. The van der Waals surface area contributed by atoms with Crippen molar-refractivity contribution >= 4 is 0 Å². The number of benzene rings is 1. The summed E-state index contributed by atoms with van der Waals surface area (Å²) in [5.41, 5.74) is 0.675. The fraction of sp³-hybridized carbons (Fsp3) is 0. The lowest BCUT2D eigenvalue weighted by Crippen LogP contribution is -1.87. The highest BCUT2D eigenvalue weighted by molar-refractivity contribution is 5.45. The molecular formula is C11H4N3O2. The second-order valence-electron chi connectivity index (χ2n) is 2.81. The lowest BCUT2D eigenvalue weighted by molar-refractivity contribution is 0.330. The molecular weight excluding hydrogens is 206 g/mol. The molecule has 2 rings (SSSR count). The first-order valence-electron chi connectivity index (χ1n) is 4.26. The largest absolute Gasteiger partial charge is 0.417 e. The van der Waals surface area contributed by atoms with Crippen LogP contribution in [0.25, 0.3) is 0 Å². The Hall–Kier alpha value is -2.79. The van der Waals surface area contributed by atoms with Crippen molar-refractivity contribution in [3.63, 3.8) is 0 Å². The number of nitrogens with zero attached hydrogens (tertiary/aromatic N) is 3. The van der Waals surface area contributed by atoms with Gasteiger partial charge in [0.15, 0.2) is 0 Å². The van der Waals surface area contributed by atoms with E-state index in [0.717, 1.165) is 0 Å². The molecule has 0 saturated heterocycles. The third kappa shape index (κ3) is 1.99. The Morgan fingerprint density at radius 3 is 2.38 bits per heavy atom. The third-order valence-electron chi connectivity index (χ3n) is 1.74. The van der Waals surface area contributed by atoms with Crippen molar-refractivity contribution in [2.24, 2.45) is 0 Å². The van der Waals surface area contributed by atoms with E-state index in [-0.39, 0.29) is 6.08 Å². The molecule has 75 valence electrons. The summed E-state index contributed by atoms with van der Waals surface area (Å²) in [4.78, 5) is 3.64. The summed E-state index contributed by atoms with van der Waals surface area (Å²) in [6, 6.07) is 8.31. The van der Waals surface area contributed by atoms with Crippen LogP contribution in [0.2, 0.25) is 0 Å². The third-order valence-corrected chi connectivity index (χ3v) is 1.74. The minimum Gasteiger partial charge on any atom is -0.417 e. The molecule has 5 heteroatoms. The number of hydrogen-bond acceptors (Lipinski definition) is 5. The first-order valence-corrected chi connectivity index (χ1v) is 4.26. The Labute approximate surface area is 91.1 Å². The lowest BCUT2D eigenvalue weighted by atomic mass is 10.1. The fourth-order valence-electron chi connectivity index (χ4n) is 1.12. The Kier molecular flexibility index (Phi) is 2.53. The van der Waals surface area contributed by atoms with Crippen LogP contribution in [-0.4, -0.2) is 4.98 Å². The van der Waals surface area contributed by atoms with Gasteiger partial charge in [-0.3, -0.25) is 0 Å². The summed E-state index contributed by atoms with van der Waals surface area (Å²) in [6.45, 7) is 0. The summed E-state index contributed by atoms with van der Waals surface area (Å²) in [5.74, 6) is 0.325. The molecule has 1 aromatic carbocycles. The van der Waals surface area contributed by atoms with Crippen LogP contribution >= 0.6 is 0 Å². The Balaban J connectivity index is 2.35. The predicted molar refractivity (Wildman–Crippen MR) is 51.3 cm³/mol. The Bertz CT molecular complexity index is 544. The average Bonchev–Trinajstić information content (AvgIpc) is 2.81. The van der Waals surface area contributed by atoms with E-state index < -0.39 is 0 Å². The van der Waals surface area contributed by atoms with E-state index in [1.807, 2.05) is 12.1 Å². The van der Waals surface area contributed by atoms with Gasteiger partial charge in [-0.1, -0.05) is 0 Å². The summed E-state index contributed by atoms with van der Waals surface area (Å²) >= 11 is 0. The van der Waals surface area contributed by atoms with Gasteiger partial charge in [0.1, 0.15) is 18.2 Å². The van der Waals surface area contributed by atoms with Crippen molar-refractivity contribution in [1.82, 2.24) is 4.98 Å². The van der Waals surface area contributed by atoms with E-state index in [2.05, 4.69) is 11.2 Å². The van der Waals surface area contributed by atoms with Gasteiger partial charge in [0.2, 0.25) is 0 Å². The maximum atomic E-state index is 8.75. The summed E-state index contributed by atoms with van der Waals surface area (Å²) in [5, 5.41) is 17.5. The number of aromatic nitrogens is 1. The highest BCUT2D eigenvalue weighted by Gasteiger charge is 2.05. The van der Waals surface area contributed by atoms with Gasteiger partial charge in [-0.15, -0.1) is 0 Å². The summed E-state index contributed by atoms with van der Waals surface area (Å²) in [7, 11) is 0. The molecule has 1 radical (unpaired) electrons. The van der Waals surface area contributed by atoms with E-state index in [9.17, 15) is 0 Å². The van der Waals surface area contributed by atoms with E-state index in [0.29, 0.717) is 16.9 Å². The predicted octanol–water partition coefficient (Wildman–Crippen LogP) is 2.01. The lowest BCUT2D eigenvalue weighted by Gasteiger charge is -2.01. The molecule has 0 atom stereocenters. The SMILES string of the molecule is N#Cc1cc(C#N)cc(Oc2n[c]co2)c1. The van der Waals surface area contributed by atoms with Gasteiger partial charge in [-0.05, 0) is 18.2 Å². The van der Waals surface area contributed by atoms with Crippen LogP contribution in [0.1, 0.15) is 11.1 Å². The zero-order valence-corrected chi connectivity index (χ0v) is 7.97. The molecule has 1 aromatic heterocycles. The zero-order valence-electron chi connectivity index (χ0n) is 7.97. The first kappa shape index (κ1) is 9.75. The van der Waals surface area contributed by atoms with Gasteiger partial charge in [0, 0.05) is 0 Å². The van der Waals surface area contributed by atoms with Gasteiger partial charge in [-0.2, -0.15) is 15.5 Å². The van der Waals surface area contributed by atoms with Crippen LogP contribution < -0.4 is 4.74 Å². The molecule has 5 nitrogen and oxygen atoms in total. The highest BCUT2D eigenvalue weighted by atomic mass is 16.6. The molecule has 16 heavy (non-hydrogen) atoms. The Morgan fingerprint density at radius 2 is 1.88 bits per heavy atom. The van der Waals surface area contributed by atoms with Gasteiger partial charge in [0.25, 0.3) is 0 Å². The van der Waals surface area contributed by atoms with E-state index in [1.54, 1.807) is 0 Å². The zero-order chi connectivity index (χ0) is 11.4. The van der Waals surface area contributed by atoms with Crippen LogP contribution in [0.15, 0.2) is 28.9 Å². The molecule has 0 N–H and O–H groups in total. The summed E-state index contributed by atoms with van der Waals surface area (Å²) < 4.78 is 10.0. The molecule has 0 fully saturated rings. The van der Waals surface area contributed by atoms with Crippen LogP contribution in [0.4, 0.5) is 0 Å². The van der Waals surface area contributed by atoms with Gasteiger partial charge < -0.3 is 9.15 Å². The monoisotopic (exact) mass is 210 g/mol. The Morgan fingerprint density at radius 1 is 1.19 bits per heavy atom. The molecule has 0 aliphatic carbocycles. The van der Waals surface area contributed by atoms with Crippen molar-refractivity contribution in [2.45, 2.75) is 0 Å². The fourth-order valence-corrected chi connectivity index (χ4v) is 1.12. The number of oxazole rings is 1. The second kappa shape index (κ2) is 4.16. The average molecular weight is 210 g/mol. The number of ether oxygens (including phenoxy) is 1. The van der Waals surface area contributed by atoms with Crippen LogP contribution in [-0.2, 0) is 0 Å². The normalized spacial score (nSPS) is 9.12. The first-order chi connectivity index (χ1) is 7.81. The van der Waals surface area contributed by atoms with Crippen LogP contribution in [0.3, 0.4) is 0 Å². The highest BCUT2D eigenvalue weighted by Crippen LogP contribution is 2.22. The maximum Gasteiger partial charge on any atom is 0.399 e. The van der Waals surface area contributed by atoms with Crippen molar-refractivity contribution in [3.05, 3.63) is 41.8 Å². The van der Waals surface area contributed by atoms with Crippen molar-refractivity contribution in [3.8, 4) is 24.0 Å². The van der Waals surface area contributed by atoms with Gasteiger partial charge in [-0.25, -0.2) is 0 Å². The van der Waals surface area contributed by atoms with Gasteiger partial charge >= 0.3 is 6.08 Å². The van der Waals surface area contributed by atoms with Crippen LogP contribution in [0.5, 0.6) is 11.8 Å². The molecule has 0 saturated carbocycles.